The summed E-state index contributed by atoms with van der Waals surface area (Å²) in [7, 11) is 0. The minimum Gasteiger partial charge on any atom is -0.339 e. The smallest absolute Gasteiger partial charge is 0.258 e. The van der Waals surface area contributed by atoms with Crippen molar-refractivity contribution in [1.29, 1.82) is 0 Å². The largest absolute Gasteiger partial charge is 0.339 e. The lowest BCUT2D eigenvalue weighted by Gasteiger charge is -2.31. The van der Waals surface area contributed by atoms with Crippen molar-refractivity contribution in [2.75, 3.05) is 6.54 Å². The van der Waals surface area contributed by atoms with E-state index in [1.165, 1.54) is 25.3 Å². The number of nitrogens with zero attached hydrogens (tertiary/aromatic N) is 3. The van der Waals surface area contributed by atoms with Crippen LogP contribution in [0.4, 0.5) is 4.39 Å². The molecule has 6 heteroatoms. The number of aryl methyl sites for hydroxylation is 1. The summed E-state index contributed by atoms with van der Waals surface area (Å²) in [5.41, 5.74) is 1.14. The maximum Gasteiger partial charge on any atom is 0.258 e. The number of amides is 1. The monoisotopic (exact) mass is 343 g/mol. The van der Waals surface area contributed by atoms with Crippen LogP contribution in [0, 0.1) is 12.7 Å². The number of halogens is 1. The molecule has 0 unspecified atom stereocenters. The highest BCUT2D eigenvalue weighted by atomic mass is 19.1. The second-order valence-electron chi connectivity index (χ2n) is 7.16. The van der Waals surface area contributed by atoms with E-state index >= 15 is 0 Å². The Bertz CT molecular complexity index is 783. The summed E-state index contributed by atoms with van der Waals surface area (Å²) in [6, 6.07) is 5.23. The summed E-state index contributed by atoms with van der Waals surface area (Å²) in [6.45, 7) is 2.37. The van der Waals surface area contributed by atoms with Gasteiger partial charge < -0.3 is 9.42 Å². The van der Waals surface area contributed by atoms with Gasteiger partial charge in [-0.1, -0.05) is 30.5 Å². The van der Waals surface area contributed by atoms with Crippen molar-refractivity contribution >= 4 is 5.91 Å². The third-order valence-corrected chi connectivity index (χ3v) is 5.40. The van der Waals surface area contributed by atoms with Gasteiger partial charge in [-0.25, -0.2) is 4.39 Å². The van der Waals surface area contributed by atoms with Crippen molar-refractivity contribution in [1.82, 2.24) is 15.0 Å². The van der Waals surface area contributed by atoms with Crippen molar-refractivity contribution < 1.29 is 13.7 Å². The molecule has 1 aliphatic heterocycles. The Morgan fingerprint density at radius 1 is 1.24 bits per heavy atom. The van der Waals surface area contributed by atoms with Gasteiger partial charge >= 0.3 is 0 Å². The fourth-order valence-electron chi connectivity index (χ4n) is 3.89. The van der Waals surface area contributed by atoms with E-state index < -0.39 is 0 Å². The van der Waals surface area contributed by atoms with Gasteiger partial charge in [-0.05, 0) is 37.5 Å². The normalized spacial score (nSPS) is 21.9. The third kappa shape index (κ3) is 3.17. The molecule has 0 bridgehead atoms. The van der Waals surface area contributed by atoms with E-state index in [4.69, 9.17) is 4.52 Å². The fraction of sp³-hybridized carbons (Fsp3) is 0.526. The average molecular weight is 343 g/mol. The number of hydrogen-bond donors (Lipinski definition) is 0. The first-order valence-electron chi connectivity index (χ1n) is 9.01. The lowest BCUT2D eigenvalue weighted by molar-refractivity contribution is -0.130. The van der Waals surface area contributed by atoms with Crippen LogP contribution in [0.5, 0.6) is 0 Å². The standard InChI is InChI=1S/C19H22FN3O2/c1-12-7-8-13(9-16(12)20)19-21-18(22-25-19)14-10-17(24)23(11-14)15-5-3-2-4-6-15/h7-9,14-15H,2-6,10-11H2,1H3/t14-/m1/s1. The van der Waals surface area contributed by atoms with Crippen LogP contribution >= 0.6 is 0 Å². The Kier molecular flexibility index (Phi) is 4.27. The van der Waals surface area contributed by atoms with Gasteiger partial charge in [0.05, 0.1) is 0 Å². The minimum atomic E-state index is -0.295. The van der Waals surface area contributed by atoms with Gasteiger partial charge in [0.2, 0.25) is 5.91 Å². The molecule has 2 heterocycles. The summed E-state index contributed by atoms with van der Waals surface area (Å²) in [5, 5.41) is 4.05. The number of carbonyl (C=O) groups is 1. The summed E-state index contributed by atoms with van der Waals surface area (Å²) >= 11 is 0. The molecule has 1 aliphatic carbocycles. The van der Waals surface area contributed by atoms with E-state index in [0.717, 1.165) is 12.8 Å². The number of benzene rings is 1. The summed E-state index contributed by atoms with van der Waals surface area (Å²) < 4.78 is 19.1. The molecule has 0 N–H and O–H groups in total. The quantitative estimate of drug-likeness (QED) is 0.850. The number of hydrogen-bond acceptors (Lipinski definition) is 4. The molecule has 0 radical (unpaired) electrons. The van der Waals surface area contributed by atoms with Crippen LogP contribution in [-0.4, -0.2) is 33.5 Å². The maximum absolute atomic E-state index is 13.7. The van der Waals surface area contributed by atoms with E-state index in [1.54, 1.807) is 19.1 Å². The molecule has 2 aromatic rings. The molecule has 2 fully saturated rings. The van der Waals surface area contributed by atoms with Crippen molar-refractivity contribution in [3.05, 3.63) is 35.4 Å². The molecule has 132 valence electrons. The van der Waals surface area contributed by atoms with E-state index in [-0.39, 0.29) is 17.6 Å². The molecule has 2 aliphatic rings. The second-order valence-corrected chi connectivity index (χ2v) is 7.16. The molecular formula is C19H22FN3O2. The van der Waals surface area contributed by atoms with Gasteiger partial charge in [0, 0.05) is 30.5 Å². The highest BCUT2D eigenvalue weighted by Crippen LogP contribution is 2.33. The highest BCUT2D eigenvalue weighted by molar-refractivity contribution is 5.80. The summed E-state index contributed by atoms with van der Waals surface area (Å²) in [6.07, 6.45) is 6.28. The summed E-state index contributed by atoms with van der Waals surface area (Å²) in [5.74, 6) is 0.698. The van der Waals surface area contributed by atoms with E-state index in [9.17, 15) is 9.18 Å². The SMILES string of the molecule is Cc1ccc(-c2nc([C@@H]3CC(=O)N(C4CCCCC4)C3)no2)cc1F. The van der Waals surface area contributed by atoms with E-state index in [1.807, 2.05) is 4.90 Å². The second kappa shape index (κ2) is 6.58. The number of carbonyl (C=O) groups excluding carboxylic acids is 1. The van der Waals surface area contributed by atoms with Crippen LogP contribution in [0.2, 0.25) is 0 Å². The number of likely N-dealkylation sites (tertiary alicyclic amines) is 1. The molecule has 4 rings (SSSR count). The van der Waals surface area contributed by atoms with Crippen LogP contribution in [0.25, 0.3) is 11.5 Å². The van der Waals surface area contributed by atoms with Gasteiger partial charge in [-0.2, -0.15) is 4.98 Å². The molecule has 1 amide bonds. The Balaban J connectivity index is 1.50. The lowest BCUT2D eigenvalue weighted by Crippen LogP contribution is -2.37. The molecule has 1 aromatic heterocycles. The molecule has 25 heavy (non-hydrogen) atoms. The first kappa shape index (κ1) is 16.2. The van der Waals surface area contributed by atoms with Crippen molar-refractivity contribution in [3.63, 3.8) is 0 Å². The fourth-order valence-corrected chi connectivity index (χ4v) is 3.89. The van der Waals surface area contributed by atoms with Gasteiger partial charge in [0.1, 0.15) is 5.82 Å². The molecule has 5 nitrogen and oxygen atoms in total. The zero-order chi connectivity index (χ0) is 17.4. The van der Waals surface area contributed by atoms with E-state index in [2.05, 4.69) is 10.1 Å². The highest BCUT2D eigenvalue weighted by Gasteiger charge is 2.37. The Labute approximate surface area is 146 Å². The molecule has 1 aromatic carbocycles. The average Bonchev–Trinajstić information content (AvgIpc) is 3.25. The van der Waals surface area contributed by atoms with Crippen LogP contribution in [0.1, 0.15) is 55.8 Å². The maximum atomic E-state index is 13.7. The third-order valence-electron chi connectivity index (χ3n) is 5.40. The Morgan fingerprint density at radius 2 is 2.04 bits per heavy atom. The first-order valence-corrected chi connectivity index (χ1v) is 9.01. The number of aromatic nitrogens is 2. The van der Waals surface area contributed by atoms with Gasteiger partial charge in [-0.3, -0.25) is 4.79 Å². The van der Waals surface area contributed by atoms with Gasteiger partial charge in [-0.15, -0.1) is 0 Å². The van der Waals surface area contributed by atoms with Gasteiger partial charge in [0.25, 0.3) is 5.89 Å². The van der Waals surface area contributed by atoms with Crippen LogP contribution in [0.3, 0.4) is 0 Å². The van der Waals surface area contributed by atoms with Gasteiger partial charge in [0.15, 0.2) is 5.82 Å². The van der Waals surface area contributed by atoms with E-state index in [0.29, 0.717) is 41.8 Å². The number of rotatable bonds is 3. The zero-order valence-electron chi connectivity index (χ0n) is 14.4. The predicted octanol–water partition coefficient (Wildman–Crippen LogP) is 3.83. The molecule has 1 atom stereocenters. The Hall–Kier alpha value is -2.24. The van der Waals surface area contributed by atoms with Crippen LogP contribution < -0.4 is 0 Å². The molecule has 1 saturated carbocycles. The topological polar surface area (TPSA) is 59.2 Å². The minimum absolute atomic E-state index is 0.0396. The van der Waals surface area contributed by atoms with Crippen molar-refractivity contribution in [2.24, 2.45) is 0 Å². The van der Waals surface area contributed by atoms with Crippen LogP contribution in [0.15, 0.2) is 22.7 Å². The molecular weight excluding hydrogens is 321 g/mol. The predicted molar refractivity (Wildman–Crippen MR) is 90.4 cm³/mol. The zero-order valence-corrected chi connectivity index (χ0v) is 14.4. The van der Waals surface area contributed by atoms with Crippen LogP contribution in [-0.2, 0) is 4.79 Å². The van der Waals surface area contributed by atoms with Crippen molar-refractivity contribution in [2.45, 2.75) is 57.4 Å². The Morgan fingerprint density at radius 3 is 2.80 bits per heavy atom. The lowest BCUT2D eigenvalue weighted by atomic mass is 9.94. The first-order chi connectivity index (χ1) is 12.1. The molecule has 1 saturated heterocycles. The van der Waals surface area contributed by atoms with Crippen molar-refractivity contribution in [3.8, 4) is 11.5 Å². The molecule has 0 spiro atoms. The summed E-state index contributed by atoms with van der Waals surface area (Å²) in [4.78, 5) is 18.8.